The van der Waals surface area contributed by atoms with Crippen molar-refractivity contribution in [3.63, 3.8) is 0 Å². The van der Waals surface area contributed by atoms with Crippen molar-refractivity contribution in [3.8, 4) is 0 Å². The minimum absolute atomic E-state index is 0.0487. The number of benzene rings is 1. The Morgan fingerprint density at radius 1 is 1.16 bits per heavy atom. The van der Waals surface area contributed by atoms with Crippen molar-refractivity contribution >= 4 is 11.8 Å². The summed E-state index contributed by atoms with van der Waals surface area (Å²) in [7, 11) is 0. The molecule has 0 saturated heterocycles. The highest BCUT2D eigenvalue weighted by atomic mass is 16.2. The lowest BCUT2D eigenvalue weighted by molar-refractivity contribution is 0.0647. The number of nitrogens with two attached hydrogens (primary N) is 1. The maximum absolute atomic E-state index is 12.3. The topological polar surface area (TPSA) is 63.4 Å². The standard InChI is InChI=1S/C15H20N2O2/c1-9(16)8-17-13(18)11-6-5-10(15(2,3)4)7-12(11)14(17)19/h5-7,9H,8,16H2,1-4H3. The second-order valence-corrected chi connectivity index (χ2v) is 6.21. The van der Waals surface area contributed by atoms with Gasteiger partial charge in [-0.05, 0) is 30.0 Å². The first-order valence-electron chi connectivity index (χ1n) is 6.48. The van der Waals surface area contributed by atoms with Gasteiger partial charge in [0.05, 0.1) is 11.1 Å². The van der Waals surface area contributed by atoms with Crippen LogP contribution in [0.2, 0.25) is 0 Å². The van der Waals surface area contributed by atoms with Gasteiger partial charge in [-0.25, -0.2) is 0 Å². The van der Waals surface area contributed by atoms with E-state index in [1.807, 2.05) is 12.1 Å². The Bertz CT molecular complexity index is 542. The summed E-state index contributed by atoms with van der Waals surface area (Å²) in [6.07, 6.45) is 0. The first kappa shape index (κ1) is 13.7. The molecule has 0 fully saturated rings. The normalized spacial score (nSPS) is 16.8. The fourth-order valence-electron chi connectivity index (χ4n) is 2.21. The van der Waals surface area contributed by atoms with Crippen LogP contribution in [-0.2, 0) is 5.41 Å². The summed E-state index contributed by atoms with van der Waals surface area (Å²) in [5.41, 5.74) is 7.67. The predicted octanol–water partition coefficient (Wildman–Crippen LogP) is 1.93. The average Bonchev–Trinajstić information content (AvgIpc) is 2.53. The van der Waals surface area contributed by atoms with E-state index >= 15 is 0 Å². The molecule has 0 spiro atoms. The molecule has 1 atom stereocenters. The molecule has 1 heterocycles. The van der Waals surface area contributed by atoms with Gasteiger partial charge in [0.1, 0.15) is 0 Å². The van der Waals surface area contributed by atoms with E-state index in [9.17, 15) is 9.59 Å². The van der Waals surface area contributed by atoms with Gasteiger partial charge in [-0.1, -0.05) is 26.8 Å². The summed E-state index contributed by atoms with van der Waals surface area (Å²) >= 11 is 0. The van der Waals surface area contributed by atoms with E-state index in [0.717, 1.165) is 5.56 Å². The van der Waals surface area contributed by atoms with Gasteiger partial charge in [0.2, 0.25) is 0 Å². The van der Waals surface area contributed by atoms with Gasteiger partial charge in [-0.2, -0.15) is 0 Å². The lowest BCUT2D eigenvalue weighted by Crippen LogP contribution is -2.39. The number of hydrogen-bond donors (Lipinski definition) is 1. The van der Waals surface area contributed by atoms with Gasteiger partial charge < -0.3 is 5.73 Å². The highest BCUT2D eigenvalue weighted by molar-refractivity contribution is 6.21. The summed E-state index contributed by atoms with van der Waals surface area (Å²) in [6.45, 7) is 8.28. The first-order chi connectivity index (χ1) is 8.71. The van der Waals surface area contributed by atoms with E-state index in [2.05, 4.69) is 20.8 Å². The Hall–Kier alpha value is -1.68. The summed E-state index contributed by atoms with van der Waals surface area (Å²) < 4.78 is 0. The maximum atomic E-state index is 12.3. The van der Waals surface area contributed by atoms with E-state index in [0.29, 0.717) is 11.1 Å². The molecule has 102 valence electrons. The van der Waals surface area contributed by atoms with Gasteiger partial charge in [0.25, 0.3) is 11.8 Å². The van der Waals surface area contributed by atoms with Crippen LogP contribution in [0.1, 0.15) is 54.0 Å². The zero-order valence-corrected chi connectivity index (χ0v) is 11.9. The van der Waals surface area contributed by atoms with Crippen LogP contribution in [0.5, 0.6) is 0 Å². The Kier molecular flexibility index (Phi) is 3.22. The second kappa shape index (κ2) is 4.46. The van der Waals surface area contributed by atoms with Crippen molar-refractivity contribution in [1.82, 2.24) is 4.90 Å². The fourth-order valence-corrected chi connectivity index (χ4v) is 2.21. The lowest BCUT2D eigenvalue weighted by atomic mass is 9.85. The summed E-state index contributed by atoms with van der Waals surface area (Å²) in [4.78, 5) is 25.7. The molecule has 1 aromatic carbocycles. The van der Waals surface area contributed by atoms with Gasteiger partial charge in [0.15, 0.2) is 0 Å². The minimum Gasteiger partial charge on any atom is -0.326 e. The maximum Gasteiger partial charge on any atom is 0.261 e. The van der Waals surface area contributed by atoms with Crippen molar-refractivity contribution in [2.75, 3.05) is 6.54 Å². The molecule has 0 radical (unpaired) electrons. The van der Waals surface area contributed by atoms with Crippen LogP contribution >= 0.6 is 0 Å². The third kappa shape index (κ3) is 2.40. The van der Waals surface area contributed by atoms with E-state index in [-0.39, 0.29) is 29.8 Å². The average molecular weight is 260 g/mol. The lowest BCUT2D eigenvalue weighted by Gasteiger charge is -2.19. The van der Waals surface area contributed by atoms with Crippen LogP contribution < -0.4 is 5.73 Å². The zero-order valence-electron chi connectivity index (χ0n) is 11.9. The molecule has 0 aromatic heterocycles. The summed E-state index contributed by atoms with van der Waals surface area (Å²) in [6, 6.07) is 5.28. The van der Waals surface area contributed by atoms with Crippen LogP contribution in [0.25, 0.3) is 0 Å². The van der Waals surface area contributed by atoms with Crippen molar-refractivity contribution < 1.29 is 9.59 Å². The number of hydrogen-bond acceptors (Lipinski definition) is 3. The highest BCUT2D eigenvalue weighted by Crippen LogP contribution is 2.29. The van der Waals surface area contributed by atoms with Crippen LogP contribution in [0, 0.1) is 0 Å². The molecular weight excluding hydrogens is 240 g/mol. The molecule has 4 nitrogen and oxygen atoms in total. The van der Waals surface area contributed by atoms with Crippen LogP contribution in [0.4, 0.5) is 0 Å². The predicted molar refractivity (Wildman–Crippen MR) is 74.2 cm³/mol. The highest BCUT2D eigenvalue weighted by Gasteiger charge is 2.36. The third-order valence-electron chi connectivity index (χ3n) is 3.31. The van der Waals surface area contributed by atoms with Crippen LogP contribution in [-0.4, -0.2) is 29.3 Å². The fraction of sp³-hybridized carbons (Fsp3) is 0.467. The quantitative estimate of drug-likeness (QED) is 0.826. The number of amides is 2. The molecule has 4 heteroatoms. The largest absolute Gasteiger partial charge is 0.326 e. The molecule has 0 aliphatic carbocycles. The first-order valence-corrected chi connectivity index (χ1v) is 6.48. The number of rotatable bonds is 2. The van der Waals surface area contributed by atoms with Gasteiger partial charge in [0, 0.05) is 12.6 Å². The van der Waals surface area contributed by atoms with Crippen molar-refractivity contribution in [3.05, 3.63) is 34.9 Å². The van der Waals surface area contributed by atoms with Crippen molar-refractivity contribution in [1.29, 1.82) is 0 Å². The smallest absolute Gasteiger partial charge is 0.261 e. The van der Waals surface area contributed by atoms with Gasteiger partial charge in [-0.15, -0.1) is 0 Å². The van der Waals surface area contributed by atoms with E-state index < -0.39 is 0 Å². The number of fused-ring (bicyclic) bond motifs is 1. The Morgan fingerprint density at radius 3 is 2.26 bits per heavy atom. The number of carbonyl (C=O) groups excluding carboxylic acids is 2. The van der Waals surface area contributed by atoms with Gasteiger partial charge >= 0.3 is 0 Å². The van der Waals surface area contributed by atoms with E-state index in [4.69, 9.17) is 5.73 Å². The molecule has 1 aromatic rings. The molecule has 0 bridgehead atoms. The molecule has 1 aliphatic rings. The number of nitrogens with zero attached hydrogens (tertiary/aromatic N) is 1. The molecule has 2 amide bonds. The Morgan fingerprint density at radius 2 is 1.74 bits per heavy atom. The molecule has 1 unspecified atom stereocenters. The molecule has 19 heavy (non-hydrogen) atoms. The van der Waals surface area contributed by atoms with Crippen molar-refractivity contribution in [2.45, 2.75) is 39.2 Å². The molecule has 1 aliphatic heterocycles. The summed E-state index contributed by atoms with van der Waals surface area (Å²) in [5.74, 6) is -0.471. The monoisotopic (exact) mass is 260 g/mol. The number of carbonyl (C=O) groups is 2. The minimum atomic E-state index is -0.238. The summed E-state index contributed by atoms with van der Waals surface area (Å²) in [5, 5.41) is 0. The zero-order chi connectivity index (χ0) is 14.4. The molecule has 2 N–H and O–H groups in total. The van der Waals surface area contributed by atoms with Crippen LogP contribution in [0.3, 0.4) is 0 Å². The second-order valence-electron chi connectivity index (χ2n) is 6.21. The molecule has 2 rings (SSSR count). The SMILES string of the molecule is CC(N)CN1C(=O)c2ccc(C(C)(C)C)cc2C1=O. The third-order valence-corrected chi connectivity index (χ3v) is 3.31. The van der Waals surface area contributed by atoms with Crippen LogP contribution in [0.15, 0.2) is 18.2 Å². The van der Waals surface area contributed by atoms with E-state index in [1.165, 1.54) is 4.90 Å². The Balaban J connectivity index is 2.43. The molecule has 0 saturated carbocycles. The Labute approximate surface area is 113 Å². The van der Waals surface area contributed by atoms with Gasteiger partial charge in [-0.3, -0.25) is 14.5 Å². The number of imide groups is 1. The molecular formula is C15H20N2O2. The van der Waals surface area contributed by atoms with E-state index in [1.54, 1.807) is 13.0 Å². The van der Waals surface area contributed by atoms with Crippen molar-refractivity contribution in [2.24, 2.45) is 5.73 Å².